The lowest BCUT2D eigenvalue weighted by Gasteiger charge is -2.26. The van der Waals surface area contributed by atoms with E-state index < -0.39 is 12.1 Å². The molecule has 21 heavy (non-hydrogen) atoms. The highest BCUT2D eigenvalue weighted by molar-refractivity contribution is 5.99. The summed E-state index contributed by atoms with van der Waals surface area (Å²) in [5.74, 6) is -1.18. The molecule has 0 saturated carbocycles. The van der Waals surface area contributed by atoms with Crippen molar-refractivity contribution in [2.75, 3.05) is 17.2 Å². The predicted molar refractivity (Wildman–Crippen MR) is 79.0 cm³/mol. The van der Waals surface area contributed by atoms with Crippen LogP contribution in [0.25, 0.3) is 0 Å². The van der Waals surface area contributed by atoms with E-state index in [-0.39, 0.29) is 25.0 Å². The Morgan fingerprint density at radius 3 is 2.67 bits per heavy atom. The van der Waals surface area contributed by atoms with Crippen molar-refractivity contribution in [3.8, 4) is 0 Å². The summed E-state index contributed by atoms with van der Waals surface area (Å²) in [5.41, 5.74) is 6.89. The maximum absolute atomic E-state index is 12.6. The number of nitrogens with two attached hydrogens (primary N) is 1. The molecule has 1 heterocycles. The van der Waals surface area contributed by atoms with Crippen molar-refractivity contribution in [1.29, 1.82) is 0 Å². The van der Waals surface area contributed by atoms with Gasteiger partial charge in [-0.25, -0.2) is 0 Å². The minimum Gasteiger partial charge on any atom is -0.481 e. The lowest BCUT2D eigenvalue weighted by atomic mass is 10.1. The summed E-state index contributed by atoms with van der Waals surface area (Å²) in [6.45, 7) is 2.00. The number of carboxylic acids is 1. The van der Waals surface area contributed by atoms with Gasteiger partial charge in [0, 0.05) is 6.54 Å². The van der Waals surface area contributed by atoms with Gasteiger partial charge in [-0.05, 0) is 31.9 Å². The lowest BCUT2D eigenvalue weighted by Crippen LogP contribution is -2.41. The average molecular weight is 292 g/mol. The predicted octanol–water partition coefficient (Wildman–Crippen LogP) is 1.64. The van der Waals surface area contributed by atoms with Crippen molar-refractivity contribution in [3.63, 3.8) is 0 Å². The highest BCUT2D eigenvalue weighted by Gasteiger charge is 2.32. The molecular formula is C15H20N2O4. The summed E-state index contributed by atoms with van der Waals surface area (Å²) in [4.78, 5) is 24.8. The monoisotopic (exact) mass is 292 g/mol. The van der Waals surface area contributed by atoms with Crippen molar-refractivity contribution in [3.05, 3.63) is 24.3 Å². The molecule has 1 amide bonds. The summed E-state index contributed by atoms with van der Waals surface area (Å²) >= 11 is 0. The molecule has 0 spiro atoms. The van der Waals surface area contributed by atoms with Gasteiger partial charge in [-0.15, -0.1) is 0 Å². The molecule has 0 bridgehead atoms. The summed E-state index contributed by atoms with van der Waals surface area (Å²) < 4.78 is 5.59. The van der Waals surface area contributed by atoms with Gasteiger partial charge < -0.3 is 20.5 Å². The Bertz CT molecular complexity index is 532. The molecule has 6 nitrogen and oxygen atoms in total. The van der Waals surface area contributed by atoms with E-state index in [1.165, 1.54) is 4.90 Å². The minimum absolute atomic E-state index is 0.0494. The first-order valence-electron chi connectivity index (χ1n) is 7.02. The van der Waals surface area contributed by atoms with E-state index in [0.29, 0.717) is 17.8 Å². The van der Waals surface area contributed by atoms with Crippen molar-refractivity contribution in [1.82, 2.24) is 0 Å². The van der Waals surface area contributed by atoms with Crippen LogP contribution in [0.3, 0.4) is 0 Å². The van der Waals surface area contributed by atoms with Crippen LogP contribution in [0.5, 0.6) is 0 Å². The van der Waals surface area contributed by atoms with E-state index >= 15 is 0 Å². The van der Waals surface area contributed by atoms with Gasteiger partial charge in [-0.1, -0.05) is 12.1 Å². The maximum atomic E-state index is 12.6. The largest absolute Gasteiger partial charge is 0.481 e. The second kappa shape index (κ2) is 6.58. The number of aliphatic carboxylic acids is 1. The number of amides is 1. The number of anilines is 2. The molecule has 2 rings (SSSR count). The first kappa shape index (κ1) is 15.3. The molecule has 0 aliphatic carbocycles. The van der Waals surface area contributed by atoms with Gasteiger partial charge in [-0.2, -0.15) is 0 Å². The maximum Gasteiger partial charge on any atom is 0.305 e. The molecule has 1 aromatic rings. The number of benzene rings is 1. The van der Waals surface area contributed by atoms with Crippen LogP contribution in [-0.4, -0.2) is 35.7 Å². The molecule has 2 atom stereocenters. The molecule has 0 radical (unpaired) electrons. The topological polar surface area (TPSA) is 92.9 Å². The van der Waals surface area contributed by atoms with Crippen LogP contribution >= 0.6 is 0 Å². The molecule has 1 fully saturated rings. The second-order valence-corrected chi connectivity index (χ2v) is 5.21. The SMILES string of the molecule is CC1CCC(C(=O)N(CCC(=O)O)c2ccccc2N)O1. The second-order valence-electron chi connectivity index (χ2n) is 5.21. The Kier molecular flexibility index (Phi) is 4.80. The van der Waals surface area contributed by atoms with Crippen LogP contribution in [-0.2, 0) is 14.3 Å². The number of hydrogen-bond acceptors (Lipinski definition) is 4. The molecule has 0 aromatic heterocycles. The number of para-hydroxylation sites is 2. The number of rotatable bonds is 5. The highest BCUT2D eigenvalue weighted by Crippen LogP contribution is 2.27. The Morgan fingerprint density at radius 2 is 2.10 bits per heavy atom. The third kappa shape index (κ3) is 3.72. The molecule has 6 heteroatoms. The Labute approximate surface area is 123 Å². The smallest absolute Gasteiger partial charge is 0.305 e. The van der Waals surface area contributed by atoms with Crippen LogP contribution < -0.4 is 10.6 Å². The van der Waals surface area contributed by atoms with Crippen molar-refractivity contribution in [2.24, 2.45) is 0 Å². The van der Waals surface area contributed by atoms with Gasteiger partial charge in [0.2, 0.25) is 0 Å². The van der Waals surface area contributed by atoms with Gasteiger partial charge >= 0.3 is 5.97 Å². The molecule has 114 valence electrons. The molecule has 1 aromatic carbocycles. The quantitative estimate of drug-likeness (QED) is 0.805. The van der Waals surface area contributed by atoms with Gasteiger partial charge in [0.25, 0.3) is 5.91 Å². The van der Waals surface area contributed by atoms with E-state index in [0.717, 1.165) is 6.42 Å². The zero-order chi connectivity index (χ0) is 15.4. The molecule has 1 saturated heterocycles. The normalized spacial score (nSPS) is 21.2. The van der Waals surface area contributed by atoms with E-state index in [9.17, 15) is 9.59 Å². The van der Waals surface area contributed by atoms with Crippen molar-refractivity contribution >= 4 is 23.3 Å². The molecule has 1 aliphatic heterocycles. The number of nitrogen functional groups attached to an aromatic ring is 1. The zero-order valence-corrected chi connectivity index (χ0v) is 12.0. The van der Waals surface area contributed by atoms with Crippen LogP contribution in [0.15, 0.2) is 24.3 Å². The zero-order valence-electron chi connectivity index (χ0n) is 12.0. The lowest BCUT2D eigenvalue weighted by molar-refractivity contribution is -0.136. The van der Waals surface area contributed by atoms with Crippen LogP contribution in [0.2, 0.25) is 0 Å². The number of ether oxygens (including phenoxy) is 1. The highest BCUT2D eigenvalue weighted by atomic mass is 16.5. The molecule has 2 unspecified atom stereocenters. The first-order chi connectivity index (χ1) is 9.99. The minimum atomic E-state index is -0.956. The Balaban J connectivity index is 2.21. The first-order valence-corrected chi connectivity index (χ1v) is 7.02. The van der Waals surface area contributed by atoms with E-state index in [1.54, 1.807) is 24.3 Å². The van der Waals surface area contributed by atoms with Gasteiger partial charge in [0.05, 0.1) is 23.9 Å². The fraction of sp³-hybridized carbons (Fsp3) is 0.467. The van der Waals surface area contributed by atoms with Crippen LogP contribution in [0, 0.1) is 0 Å². The van der Waals surface area contributed by atoms with Crippen molar-refractivity contribution < 1.29 is 19.4 Å². The van der Waals surface area contributed by atoms with E-state index in [4.69, 9.17) is 15.6 Å². The Hall–Kier alpha value is -2.08. The molecular weight excluding hydrogens is 272 g/mol. The summed E-state index contributed by atoms with van der Waals surface area (Å²) in [7, 11) is 0. The number of hydrogen-bond donors (Lipinski definition) is 2. The Morgan fingerprint density at radius 1 is 1.38 bits per heavy atom. The van der Waals surface area contributed by atoms with Gasteiger partial charge in [0.1, 0.15) is 6.10 Å². The number of carbonyl (C=O) groups is 2. The van der Waals surface area contributed by atoms with E-state index in [2.05, 4.69) is 0 Å². The third-order valence-electron chi connectivity index (χ3n) is 3.55. The van der Waals surface area contributed by atoms with Crippen LogP contribution in [0.1, 0.15) is 26.2 Å². The molecule has 1 aliphatic rings. The standard InChI is InChI=1S/C15H20N2O4/c1-10-6-7-13(21-10)15(20)17(9-8-14(18)19)12-5-3-2-4-11(12)16/h2-5,10,13H,6-9,16H2,1H3,(H,18,19). The number of nitrogens with zero attached hydrogens (tertiary/aromatic N) is 1. The fourth-order valence-electron chi connectivity index (χ4n) is 2.45. The van der Waals surface area contributed by atoms with Crippen LogP contribution in [0.4, 0.5) is 11.4 Å². The fourth-order valence-corrected chi connectivity index (χ4v) is 2.45. The number of carboxylic acid groups (broad SMARTS) is 1. The third-order valence-corrected chi connectivity index (χ3v) is 3.55. The van der Waals surface area contributed by atoms with Gasteiger partial charge in [-0.3, -0.25) is 9.59 Å². The van der Waals surface area contributed by atoms with Gasteiger partial charge in [0.15, 0.2) is 0 Å². The number of carbonyl (C=O) groups excluding carboxylic acids is 1. The summed E-state index contributed by atoms with van der Waals surface area (Å²) in [6.07, 6.45) is 0.869. The van der Waals surface area contributed by atoms with E-state index in [1.807, 2.05) is 6.92 Å². The summed E-state index contributed by atoms with van der Waals surface area (Å²) in [5, 5.41) is 8.87. The molecule has 3 N–H and O–H groups in total. The average Bonchev–Trinajstić information content (AvgIpc) is 2.87. The van der Waals surface area contributed by atoms with Crippen molar-refractivity contribution in [2.45, 2.75) is 38.4 Å². The summed E-state index contributed by atoms with van der Waals surface area (Å²) in [6, 6.07) is 6.94.